The number of carbonyl (C=O) groups excluding carboxylic acids is 2. The maximum Gasteiger partial charge on any atom is 0.342 e. The first-order valence-corrected chi connectivity index (χ1v) is 9.22. The second kappa shape index (κ2) is 7.79. The number of esters is 1. The fourth-order valence-electron chi connectivity index (χ4n) is 3.24. The van der Waals surface area contributed by atoms with Crippen LogP contribution >= 0.6 is 0 Å². The van der Waals surface area contributed by atoms with E-state index in [1.165, 1.54) is 13.2 Å². The Morgan fingerprint density at radius 3 is 2.63 bits per heavy atom. The first-order chi connectivity index (χ1) is 14.5. The Morgan fingerprint density at radius 1 is 1.03 bits per heavy atom. The van der Waals surface area contributed by atoms with E-state index in [1.807, 2.05) is 24.3 Å². The van der Waals surface area contributed by atoms with Gasteiger partial charge in [-0.25, -0.2) is 4.79 Å². The van der Waals surface area contributed by atoms with Crippen LogP contribution in [0.3, 0.4) is 0 Å². The van der Waals surface area contributed by atoms with Crippen LogP contribution < -0.4 is 10.1 Å². The fraction of sp³-hybridized carbons (Fsp3) is 0.130. The molecule has 30 heavy (non-hydrogen) atoms. The summed E-state index contributed by atoms with van der Waals surface area (Å²) in [4.78, 5) is 24.5. The zero-order chi connectivity index (χ0) is 21.3. The molecular weight excluding hydrogens is 386 g/mol. The van der Waals surface area contributed by atoms with Crippen LogP contribution in [-0.2, 0) is 9.53 Å². The van der Waals surface area contributed by atoms with Gasteiger partial charge >= 0.3 is 5.97 Å². The number of ether oxygens (including phenoxy) is 2. The van der Waals surface area contributed by atoms with E-state index in [0.29, 0.717) is 22.6 Å². The van der Waals surface area contributed by atoms with Crippen LogP contribution in [-0.4, -0.2) is 30.7 Å². The molecule has 152 valence electrons. The van der Waals surface area contributed by atoms with Crippen molar-refractivity contribution in [2.75, 3.05) is 19.0 Å². The van der Waals surface area contributed by atoms with Crippen LogP contribution in [0.1, 0.15) is 15.9 Å². The quantitative estimate of drug-likeness (QED) is 0.478. The molecule has 0 fully saturated rings. The van der Waals surface area contributed by atoms with Gasteiger partial charge in [0.25, 0.3) is 5.91 Å². The Kier molecular flexibility index (Phi) is 5.02. The van der Waals surface area contributed by atoms with Gasteiger partial charge in [0.1, 0.15) is 28.2 Å². The van der Waals surface area contributed by atoms with Crippen molar-refractivity contribution < 1.29 is 28.6 Å². The number of fused-ring (bicyclic) bond motifs is 3. The molecule has 0 aliphatic rings. The third kappa shape index (κ3) is 3.53. The van der Waals surface area contributed by atoms with Crippen LogP contribution in [0.15, 0.2) is 59.0 Å². The van der Waals surface area contributed by atoms with Gasteiger partial charge in [-0.05, 0) is 30.7 Å². The second-order valence-corrected chi connectivity index (χ2v) is 6.74. The van der Waals surface area contributed by atoms with Gasteiger partial charge in [0.2, 0.25) is 0 Å². The summed E-state index contributed by atoms with van der Waals surface area (Å²) >= 11 is 0. The molecule has 0 saturated carbocycles. The monoisotopic (exact) mass is 405 g/mol. The maximum absolute atomic E-state index is 12.3. The number of phenols is 1. The summed E-state index contributed by atoms with van der Waals surface area (Å²) in [6, 6.07) is 15.8. The highest BCUT2D eigenvalue weighted by Gasteiger charge is 2.17. The molecule has 0 atom stereocenters. The van der Waals surface area contributed by atoms with Crippen molar-refractivity contribution in [1.29, 1.82) is 0 Å². The van der Waals surface area contributed by atoms with Crippen molar-refractivity contribution in [3.8, 4) is 11.5 Å². The molecule has 0 saturated heterocycles. The Morgan fingerprint density at radius 2 is 1.83 bits per heavy atom. The van der Waals surface area contributed by atoms with E-state index in [-0.39, 0.29) is 11.3 Å². The fourth-order valence-corrected chi connectivity index (χ4v) is 3.24. The third-order valence-electron chi connectivity index (χ3n) is 4.76. The van der Waals surface area contributed by atoms with Gasteiger partial charge in [0.15, 0.2) is 6.61 Å². The first kappa shape index (κ1) is 19.3. The lowest BCUT2D eigenvalue weighted by atomic mass is 10.1. The Hall–Kier alpha value is -4.00. The predicted octanol–water partition coefficient (Wildman–Crippen LogP) is 4.40. The van der Waals surface area contributed by atoms with Gasteiger partial charge in [-0.15, -0.1) is 0 Å². The number of anilines is 1. The number of carbonyl (C=O) groups is 2. The molecule has 0 unspecified atom stereocenters. The van der Waals surface area contributed by atoms with E-state index in [1.54, 1.807) is 31.2 Å². The van der Waals surface area contributed by atoms with E-state index < -0.39 is 18.5 Å². The lowest BCUT2D eigenvalue weighted by Crippen LogP contribution is -2.21. The number of hydrogen-bond acceptors (Lipinski definition) is 6. The average Bonchev–Trinajstić information content (AvgIpc) is 3.10. The highest BCUT2D eigenvalue weighted by molar-refractivity contribution is 6.08. The van der Waals surface area contributed by atoms with E-state index >= 15 is 0 Å². The average molecular weight is 405 g/mol. The number of hydrogen-bond donors (Lipinski definition) is 2. The first-order valence-electron chi connectivity index (χ1n) is 9.22. The lowest BCUT2D eigenvalue weighted by Gasteiger charge is -2.11. The van der Waals surface area contributed by atoms with Crippen molar-refractivity contribution >= 4 is 39.5 Å². The lowest BCUT2D eigenvalue weighted by molar-refractivity contribution is -0.119. The smallest absolute Gasteiger partial charge is 0.342 e. The maximum atomic E-state index is 12.3. The molecule has 1 amide bonds. The summed E-state index contributed by atoms with van der Waals surface area (Å²) in [5.41, 5.74) is 2.25. The normalized spacial score (nSPS) is 10.9. The van der Waals surface area contributed by atoms with Crippen molar-refractivity contribution in [1.82, 2.24) is 0 Å². The van der Waals surface area contributed by atoms with E-state index in [0.717, 1.165) is 16.4 Å². The molecule has 0 aliphatic carbocycles. The van der Waals surface area contributed by atoms with Crippen LogP contribution in [0.5, 0.6) is 11.5 Å². The molecule has 0 bridgehead atoms. The molecule has 3 aromatic carbocycles. The Bertz CT molecular complexity index is 1270. The van der Waals surface area contributed by atoms with Gasteiger partial charge < -0.3 is 24.3 Å². The summed E-state index contributed by atoms with van der Waals surface area (Å²) in [6.45, 7) is 1.15. The molecule has 7 nitrogen and oxygen atoms in total. The highest BCUT2D eigenvalue weighted by Crippen LogP contribution is 2.36. The van der Waals surface area contributed by atoms with Crippen LogP contribution in [0, 0.1) is 6.92 Å². The molecule has 0 aliphatic heterocycles. The molecule has 0 spiro atoms. The second-order valence-electron chi connectivity index (χ2n) is 6.74. The topological polar surface area (TPSA) is 98.0 Å². The third-order valence-corrected chi connectivity index (χ3v) is 4.76. The van der Waals surface area contributed by atoms with Crippen molar-refractivity contribution in [2.24, 2.45) is 0 Å². The van der Waals surface area contributed by atoms with Crippen LogP contribution in [0.4, 0.5) is 5.69 Å². The highest BCUT2D eigenvalue weighted by atomic mass is 16.5. The number of benzene rings is 3. The SMILES string of the molecule is COc1cc2c(cc1NC(=O)COC(=O)c1cccc(C)c1O)oc1ccccc12. The molecular formula is C23H19NO6. The van der Waals surface area contributed by atoms with E-state index in [2.05, 4.69) is 5.32 Å². The molecule has 7 heteroatoms. The molecule has 4 aromatic rings. The molecule has 1 heterocycles. The number of nitrogens with one attached hydrogen (secondary N) is 1. The number of phenolic OH excluding ortho intramolecular Hbond substituents is 1. The number of furan rings is 1. The zero-order valence-corrected chi connectivity index (χ0v) is 16.4. The predicted molar refractivity (Wildman–Crippen MR) is 112 cm³/mol. The van der Waals surface area contributed by atoms with Crippen molar-refractivity contribution in [3.63, 3.8) is 0 Å². The van der Waals surface area contributed by atoms with Crippen molar-refractivity contribution in [3.05, 3.63) is 65.7 Å². The minimum Gasteiger partial charge on any atom is -0.507 e. The molecule has 2 N–H and O–H groups in total. The van der Waals surface area contributed by atoms with E-state index in [9.17, 15) is 14.7 Å². The number of rotatable bonds is 5. The summed E-state index contributed by atoms with van der Waals surface area (Å²) in [5.74, 6) is -1.06. The van der Waals surface area contributed by atoms with Gasteiger partial charge in [-0.1, -0.05) is 30.3 Å². The minimum absolute atomic E-state index is 0.00377. The van der Waals surface area contributed by atoms with Gasteiger partial charge in [0.05, 0.1) is 12.8 Å². The zero-order valence-electron chi connectivity index (χ0n) is 16.4. The number of aryl methyl sites for hydroxylation is 1. The summed E-state index contributed by atoms with van der Waals surface area (Å²) in [6.07, 6.45) is 0. The standard InChI is InChI=1S/C23H19NO6/c1-13-6-5-8-15(22(13)26)23(27)29-12-21(25)24-17-11-19-16(10-20(17)28-2)14-7-3-4-9-18(14)30-19/h3-11,26H,12H2,1-2H3,(H,24,25). The van der Waals surface area contributed by atoms with Gasteiger partial charge in [0, 0.05) is 16.8 Å². The minimum atomic E-state index is -0.786. The van der Waals surface area contributed by atoms with Crippen LogP contribution in [0.2, 0.25) is 0 Å². The summed E-state index contributed by atoms with van der Waals surface area (Å²) in [5, 5.41) is 14.4. The van der Waals surface area contributed by atoms with Gasteiger partial charge in [-0.2, -0.15) is 0 Å². The van der Waals surface area contributed by atoms with Crippen molar-refractivity contribution in [2.45, 2.75) is 6.92 Å². The Labute approximate surface area is 171 Å². The number of amides is 1. The largest absolute Gasteiger partial charge is 0.507 e. The number of methoxy groups -OCH3 is 1. The van der Waals surface area contributed by atoms with E-state index in [4.69, 9.17) is 13.9 Å². The Balaban J connectivity index is 1.52. The van der Waals surface area contributed by atoms with Crippen LogP contribution in [0.25, 0.3) is 21.9 Å². The number of aromatic hydroxyl groups is 1. The summed E-state index contributed by atoms with van der Waals surface area (Å²) < 4.78 is 16.3. The van der Waals surface area contributed by atoms with Gasteiger partial charge in [-0.3, -0.25) is 4.79 Å². The molecule has 0 radical (unpaired) electrons. The molecule has 1 aromatic heterocycles. The number of para-hydroxylation sites is 2. The summed E-state index contributed by atoms with van der Waals surface area (Å²) in [7, 11) is 1.50. The molecule has 4 rings (SSSR count).